The Morgan fingerprint density at radius 2 is 0.867 bits per heavy atom. The lowest BCUT2D eigenvalue weighted by molar-refractivity contribution is 0.0529. The number of halogens is 5. The van der Waals surface area contributed by atoms with Gasteiger partial charge >= 0.3 is 30.3 Å². The summed E-state index contributed by atoms with van der Waals surface area (Å²) in [6.07, 6.45) is 0.437. The molecule has 8 N–H and O–H groups in total. The first-order valence-electron chi connectivity index (χ1n) is 24.6. The second-order valence-corrected chi connectivity index (χ2v) is 20.1. The van der Waals surface area contributed by atoms with E-state index in [0.29, 0.717) is 22.3 Å². The van der Waals surface area contributed by atoms with E-state index in [9.17, 15) is 28.8 Å². The summed E-state index contributed by atoms with van der Waals surface area (Å²) in [5, 5.41) is 11.3. The van der Waals surface area contributed by atoms with E-state index in [-0.39, 0.29) is 23.6 Å². The molecule has 20 nitrogen and oxygen atoms in total. The zero-order valence-corrected chi connectivity index (χ0v) is 60.0. The Morgan fingerprint density at radius 3 is 1.20 bits per heavy atom. The fraction of sp³-hybridized carbons (Fsp3) is 0.362. The lowest BCUT2D eigenvalue weighted by Crippen LogP contribution is -2.31. The summed E-state index contributed by atoms with van der Waals surface area (Å²) in [5.74, 6) is -0.893. The summed E-state index contributed by atoms with van der Waals surface area (Å²) in [4.78, 5) is 88.0. The highest BCUT2D eigenvalue weighted by molar-refractivity contribution is 14.1. The van der Waals surface area contributed by atoms with E-state index in [4.69, 9.17) is 41.3 Å². The van der Waals surface area contributed by atoms with Gasteiger partial charge in [0.15, 0.2) is 11.7 Å². The molecular formula is C58H80BrI4N9O11. The minimum atomic E-state index is -0.879. The van der Waals surface area contributed by atoms with Crippen LogP contribution in [0.5, 0.6) is 0 Å². The molecule has 0 radical (unpaired) electrons. The van der Waals surface area contributed by atoms with Crippen molar-refractivity contribution in [1.29, 1.82) is 0 Å². The van der Waals surface area contributed by atoms with Crippen LogP contribution in [-0.4, -0.2) is 114 Å². The number of amides is 2. The number of hydrogen-bond acceptors (Lipinski definition) is 13. The van der Waals surface area contributed by atoms with E-state index < -0.39 is 52.7 Å². The molecule has 0 saturated heterocycles. The largest absolute Gasteiger partial charge is 0.478 e. The fourth-order valence-electron chi connectivity index (χ4n) is 5.49. The number of aliphatic imine (C=N–C) groups is 1. The molecule has 0 aliphatic rings. The summed E-state index contributed by atoms with van der Waals surface area (Å²) in [5.41, 5.74) is 17.0. The van der Waals surface area contributed by atoms with E-state index in [1.54, 1.807) is 120 Å². The molecule has 6 aromatic rings. The highest BCUT2D eigenvalue weighted by atomic mass is 127. The van der Waals surface area contributed by atoms with Crippen molar-refractivity contribution >= 4 is 160 Å². The van der Waals surface area contributed by atoms with Crippen LogP contribution < -0.4 is 22.5 Å². The number of hydrogen-bond donors (Lipinski definition) is 5. The number of nitrogen functional groups attached to an aromatic ring is 1. The van der Waals surface area contributed by atoms with Crippen LogP contribution in [0.4, 0.5) is 31.1 Å². The number of nitrogens with zero attached hydrogens (tertiary/aromatic N) is 5. The van der Waals surface area contributed by atoms with E-state index in [1.807, 2.05) is 111 Å². The summed E-state index contributed by atoms with van der Waals surface area (Å²) in [6, 6.07) is 36.2. The van der Waals surface area contributed by atoms with E-state index in [1.165, 1.54) is 15.3 Å². The molecule has 25 heteroatoms. The number of benzene rings is 4. The molecule has 0 aliphatic carbocycles. The minimum Gasteiger partial charge on any atom is -0.478 e. The van der Waals surface area contributed by atoms with Crippen LogP contribution in [0.25, 0.3) is 22.5 Å². The highest BCUT2D eigenvalue weighted by Gasteiger charge is 2.27. The lowest BCUT2D eigenvalue weighted by Gasteiger charge is -2.22. The van der Waals surface area contributed by atoms with Crippen molar-refractivity contribution in [2.45, 2.75) is 105 Å². The van der Waals surface area contributed by atoms with Gasteiger partial charge < -0.3 is 41.3 Å². The maximum Gasteiger partial charge on any atom is 0.437 e. The van der Waals surface area contributed by atoms with Crippen molar-refractivity contribution in [3.63, 3.8) is 0 Å². The Kier molecular flexibility index (Phi) is 42.6. The normalized spacial score (nSPS) is 10.0. The SMILES string of the molecule is CC(C)(C)OC(=O)N=C(N)N.CC(C)(C)OC(=O)Nc1ncc(-c2ccccc2)n1C(=O)OC(C)(C)C.CC(C)(C)OC(=O)n1c(-c2ccccc2)cnc1N.CI.CI.CI.CI.O=C(CBr)c1ccccc1.O=C(O)c1ccccc1. The molecule has 6 rings (SSSR count). The van der Waals surface area contributed by atoms with Gasteiger partial charge in [0.25, 0.3) is 0 Å². The van der Waals surface area contributed by atoms with Crippen LogP contribution in [0.2, 0.25) is 0 Å². The third-order valence-corrected chi connectivity index (χ3v) is 8.82. The molecule has 0 aliphatic heterocycles. The maximum atomic E-state index is 12.7. The van der Waals surface area contributed by atoms with Gasteiger partial charge in [-0.3, -0.25) is 10.1 Å². The minimum absolute atomic E-state index is 0.0346. The number of imidazole rings is 2. The number of nitrogens with two attached hydrogens (primary N) is 3. The van der Waals surface area contributed by atoms with Crippen molar-refractivity contribution in [2.75, 3.05) is 36.1 Å². The number of aromatic carboxylic acids is 1. The number of Topliss-reactive ketones (excluding diaryl/α,β-unsaturated/α-hetero) is 1. The molecule has 0 spiro atoms. The second-order valence-electron chi connectivity index (χ2n) is 19.6. The Morgan fingerprint density at radius 1 is 0.530 bits per heavy atom. The predicted molar refractivity (Wildman–Crippen MR) is 373 cm³/mol. The number of anilines is 2. The Bertz CT molecular complexity index is 2830. The molecule has 458 valence electrons. The topological polar surface area (TPSA) is 298 Å². The van der Waals surface area contributed by atoms with E-state index in [2.05, 4.69) is 127 Å². The third-order valence-electron chi connectivity index (χ3n) is 8.31. The first-order chi connectivity index (χ1) is 38.8. The molecule has 0 fully saturated rings. The first-order valence-corrected chi connectivity index (χ1v) is 34.3. The zero-order valence-electron chi connectivity index (χ0n) is 49.8. The smallest absolute Gasteiger partial charge is 0.437 e. The van der Waals surface area contributed by atoms with Crippen molar-refractivity contribution in [2.24, 2.45) is 16.5 Å². The molecule has 0 bridgehead atoms. The first kappa shape index (κ1) is 81.8. The van der Waals surface area contributed by atoms with Crippen LogP contribution in [-0.2, 0) is 18.9 Å². The van der Waals surface area contributed by atoms with Crippen LogP contribution in [0, 0.1) is 0 Å². The van der Waals surface area contributed by atoms with Gasteiger partial charge in [-0.05, 0) is 115 Å². The van der Waals surface area contributed by atoms with Crippen molar-refractivity contribution in [3.05, 3.63) is 145 Å². The average molecular weight is 1670 g/mol. The van der Waals surface area contributed by atoms with Crippen LogP contribution in [0.15, 0.2) is 139 Å². The second kappa shape index (κ2) is 43.3. The third kappa shape index (κ3) is 37.5. The molecule has 4 aromatic carbocycles. The van der Waals surface area contributed by atoms with Gasteiger partial charge in [0.05, 0.1) is 34.7 Å². The van der Waals surface area contributed by atoms with E-state index in [0.717, 1.165) is 16.7 Å². The highest BCUT2D eigenvalue weighted by Crippen LogP contribution is 2.26. The number of carboxylic acids is 1. The number of rotatable bonds is 6. The summed E-state index contributed by atoms with van der Waals surface area (Å²) in [6.45, 7) is 21.2. The molecule has 2 amide bonds. The Labute approximate surface area is 552 Å². The van der Waals surface area contributed by atoms with Gasteiger partial charge in [-0.15, -0.1) is 4.99 Å². The molecule has 2 aromatic heterocycles. The van der Waals surface area contributed by atoms with Gasteiger partial charge in [-0.1, -0.05) is 215 Å². The number of aromatic nitrogens is 4. The van der Waals surface area contributed by atoms with Crippen molar-refractivity contribution < 1.29 is 52.8 Å². The number of ether oxygens (including phenoxy) is 4. The molecule has 2 heterocycles. The van der Waals surface area contributed by atoms with Crippen molar-refractivity contribution in [1.82, 2.24) is 19.1 Å². The Balaban J connectivity index is -0.000000986. The predicted octanol–water partition coefficient (Wildman–Crippen LogP) is 15.6. The monoisotopic (exact) mass is 1670 g/mol. The molecule has 0 saturated carbocycles. The van der Waals surface area contributed by atoms with Crippen LogP contribution in [0.3, 0.4) is 0 Å². The van der Waals surface area contributed by atoms with Crippen LogP contribution in [0.1, 0.15) is 104 Å². The van der Waals surface area contributed by atoms with E-state index >= 15 is 0 Å². The maximum absolute atomic E-state index is 12.7. The quantitative estimate of drug-likeness (QED) is 0.0258. The fourth-order valence-corrected chi connectivity index (χ4v) is 5.81. The summed E-state index contributed by atoms with van der Waals surface area (Å²) in [7, 11) is 0. The molecule has 83 heavy (non-hydrogen) atoms. The lowest BCUT2D eigenvalue weighted by atomic mass is 10.2. The number of carbonyl (C=O) groups is 6. The number of alkyl halides is 5. The summed E-state index contributed by atoms with van der Waals surface area (Å²) >= 11 is 11.7. The number of carboxylic acid groups (broad SMARTS) is 1. The van der Waals surface area contributed by atoms with Gasteiger partial charge in [0.1, 0.15) is 22.4 Å². The number of carbonyl (C=O) groups excluding carboxylic acids is 5. The Hall–Kier alpha value is -5.41. The van der Waals surface area contributed by atoms with Crippen LogP contribution >= 0.6 is 106 Å². The molecule has 0 unspecified atom stereocenters. The average Bonchev–Trinajstić information content (AvgIpc) is 4.27. The van der Waals surface area contributed by atoms with Gasteiger partial charge in [0, 0.05) is 16.7 Å². The zero-order chi connectivity index (χ0) is 64.7. The summed E-state index contributed by atoms with van der Waals surface area (Å²) < 4.78 is 23.3. The molecule has 0 atom stereocenters. The standard InChI is InChI=1S/C19H25N3O4.C14H17N3O2.C8H7BrO.C7H6O2.C6H13N3O2.4CH3I/c1-18(2,3)25-16(23)21-15-20-12-14(13-10-8-7-9-11-13)22(15)17(24)26-19(4,5)6;1-14(2,3)19-13(18)17-11(9-16-12(17)15)10-7-5-4-6-8-10;9-6-8(10)7-4-2-1-3-5-7;8-7(9)6-4-2-1-3-5-6;1-6(2,3)11-5(10)9-4(7)8;4*1-2/h7-12H,1-6H3,(H,20,21,23);4-9H,1-3H3,(H2,15,16);1-5H,6H2;1-5H,(H,8,9);1-3H3,(H4,7,8,9,10);4*1H3. The van der Waals surface area contributed by atoms with Gasteiger partial charge in [0.2, 0.25) is 11.9 Å². The van der Waals surface area contributed by atoms with Gasteiger partial charge in [-0.25, -0.2) is 43.1 Å². The number of ketones is 1. The van der Waals surface area contributed by atoms with Crippen molar-refractivity contribution in [3.8, 4) is 22.5 Å². The number of nitrogens with one attached hydrogen (secondary N) is 1. The molecular weight excluding hydrogens is 1590 g/mol. The van der Waals surface area contributed by atoms with Gasteiger partial charge in [-0.2, -0.15) is 0 Å². The number of guanidine groups is 1.